The van der Waals surface area contributed by atoms with Crippen LogP contribution < -0.4 is 0 Å². The van der Waals surface area contributed by atoms with Gasteiger partial charge in [-0.15, -0.1) is 0 Å². The highest BCUT2D eigenvalue weighted by molar-refractivity contribution is 5.78. The van der Waals surface area contributed by atoms with Crippen molar-refractivity contribution in [3.8, 4) is 0 Å². The summed E-state index contributed by atoms with van der Waals surface area (Å²) < 4.78 is 0. The van der Waals surface area contributed by atoms with Crippen LogP contribution in [-0.4, -0.2) is 21.8 Å². The smallest absolute Gasteiger partial charge is 0.336 e. The van der Waals surface area contributed by atoms with E-state index in [-0.39, 0.29) is 6.42 Å². The summed E-state index contributed by atoms with van der Waals surface area (Å²) in [6, 6.07) is 7.93. The zero-order valence-electron chi connectivity index (χ0n) is 12.9. The van der Waals surface area contributed by atoms with Crippen LogP contribution in [0.15, 0.2) is 24.3 Å². The van der Waals surface area contributed by atoms with E-state index in [2.05, 4.69) is 13.8 Å². The minimum absolute atomic E-state index is 0.261. The van der Waals surface area contributed by atoms with Gasteiger partial charge in [0.2, 0.25) is 0 Å². The van der Waals surface area contributed by atoms with E-state index in [1.807, 2.05) is 31.2 Å². The highest BCUT2D eigenvalue weighted by atomic mass is 16.4. The third-order valence-electron chi connectivity index (χ3n) is 3.84. The molecule has 0 heterocycles. The molecule has 0 spiro atoms. The second-order valence-corrected chi connectivity index (χ2v) is 6.04. The first kappa shape index (κ1) is 16.7. The molecule has 0 radical (unpaired) electrons. The molecule has 20 heavy (non-hydrogen) atoms. The highest BCUT2D eigenvalue weighted by Crippen LogP contribution is 2.32. The summed E-state index contributed by atoms with van der Waals surface area (Å²) in [5.74, 6) is -0.972. The summed E-state index contributed by atoms with van der Waals surface area (Å²) in [5, 5.41) is 19.7. The molecule has 3 nitrogen and oxygen atoms in total. The summed E-state index contributed by atoms with van der Waals surface area (Å²) in [6.45, 7) is 8.00. The summed E-state index contributed by atoms with van der Waals surface area (Å²) in [7, 11) is 0. The predicted molar refractivity (Wildman–Crippen MR) is 80.9 cm³/mol. The van der Waals surface area contributed by atoms with Crippen LogP contribution in [0.2, 0.25) is 0 Å². The van der Waals surface area contributed by atoms with Gasteiger partial charge in [-0.3, -0.25) is 0 Å². The summed E-state index contributed by atoms with van der Waals surface area (Å²) >= 11 is 0. The van der Waals surface area contributed by atoms with Crippen LogP contribution in [0.3, 0.4) is 0 Å². The summed E-state index contributed by atoms with van der Waals surface area (Å²) in [4.78, 5) is 11.4. The first-order chi connectivity index (χ1) is 9.31. The van der Waals surface area contributed by atoms with Crippen LogP contribution in [-0.2, 0) is 11.2 Å². The quantitative estimate of drug-likeness (QED) is 0.801. The molecule has 0 aliphatic heterocycles. The molecule has 0 aliphatic rings. The van der Waals surface area contributed by atoms with Crippen LogP contribution >= 0.6 is 0 Å². The number of benzene rings is 1. The maximum absolute atomic E-state index is 11.4. The van der Waals surface area contributed by atoms with Crippen LogP contribution in [0.1, 0.15) is 57.6 Å². The van der Waals surface area contributed by atoms with Crippen molar-refractivity contribution in [2.45, 2.75) is 58.5 Å². The Bertz CT molecular complexity index is 436. The molecule has 0 aliphatic carbocycles. The minimum Gasteiger partial charge on any atom is -0.479 e. The maximum atomic E-state index is 11.4. The van der Waals surface area contributed by atoms with Crippen molar-refractivity contribution in [3.63, 3.8) is 0 Å². The molecule has 0 amide bonds. The Morgan fingerprint density at radius 1 is 1.20 bits per heavy atom. The lowest BCUT2D eigenvalue weighted by Gasteiger charge is -2.30. The Kier molecular flexibility index (Phi) is 5.75. The topological polar surface area (TPSA) is 57.5 Å². The van der Waals surface area contributed by atoms with Gasteiger partial charge in [-0.2, -0.15) is 0 Å². The molecule has 3 heteroatoms. The van der Waals surface area contributed by atoms with E-state index >= 15 is 0 Å². The third-order valence-corrected chi connectivity index (χ3v) is 3.84. The number of carboxylic acids is 1. The molecular formula is C17H26O3. The Balaban J connectivity index is 2.95. The van der Waals surface area contributed by atoms with Gasteiger partial charge in [-0.1, -0.05) is 58.4 Å². The minimum atomic E-state index is -1.69. The van der Waals surface area contributed by atoms with Crippen molar-refractivity contribution >= 4 is 5.97 Å². The van der Waals surface area contributed by atoms with Crippen LogP contribution in [0.25, 0.3) is 0 Å². The lowest BCUT2D eigenvalue weighted by molar-refractivity contribution is -0.161. The molecule has 0 saturated carbocycles. The number of carbonyl (C=O) groups is 1. The molecule has 0 saturated heterocycles. The second kappa shape index (κ2) is 6.89. The normalized spacial score (nSPS) is 15.9. The van der Waals surface area contributed by atoms with Gasteiger partial charge < -0.3 is 10.2 Å². The molecule has 1 aromatic rings. The molecule has 0 aromatic heterocycles. The molecule has 1 rings (SSSR count). The molecule has 2 atom stereocenters. The van der Waals surface area contributed by atoms with Gasteiger partial charge in [0, 0.05) is 5.92 Å². The Morgan fingerprint density at radius 3 is 2.15 bits per heavy atom. The largest absolute Gasteiger partial charge is 0.479 e. The van der Waals surface area contributed by atoms with Crippen molar-refractivity contribution in [2.24, 2.45) is 5.92 Å². The second-order valence-electron chi connectivity index (χ2n) is 6.04. The van der Waals surface area contributed by atoms with E-state index in [1.165, 1.54) is 5.56 Å². The van der Waals surface area contributed by atoms with E-state index < -0.39 is 17.5 Å². The fraction of sp³-hybridized carbons (Fsp3) is 0.588. The number of carboxylic acid groups (broad SMARTS) is 1. The lowest BCUT2D eigenvalue weighted by atomic mass is 9.80. The zero-order chi connectivity index (χ0) is 15.3. The van der Waals surface area contributed by atoms with Crippen LogP contribution in [0.5, 0.6) is 0 Å². The molecule has 2 unspecified atom stereocenters. The van der Waals surface area contributed by atoms with Gasteiger partial charge >= 0.3 is 5.97 Å². The Hall–Kier alpha value is -1.35. The zero-order valence-corrected chi connectivity index (χ0v) is 12.9. The van der Waals surface area contributed by atoms with Crippen LogP contribution in [0.4, 0.5) is 0 Å². The lowest BCUT2D eigenvalue weighted by Crippen LogP contribution is -2.43. The van der Waals surface area contributed by atoms with Gasteiger partial charge in [-0.05, 0) is 29.9 Å². The monoisotopic (exact) mass is 278 g/mol. The van der Waals surface area contributed by atoms with Crippen molar-refractivity contribution in [1.29, 1.82) is 0 Å². The van der Waals surface area contributed by atoms with Crippen molar-refractivity contribution in [3.05, 3.63) is 35.4 Å². The van der Waals surface area contributed by atoms with Gasteiger partial charge in [0.05, 0.1) is 0 Å². The molecule has 2 N–H and O–H groups in total. The summed E-state index contributed by atoms with van der Waals surface area (Å²) in [5.41, 5.74) is 0.426. The highest BCUT2D eigenvalue weighted by Gasteiger charge is 2.41. The van der Waals surface area contributed by atoms with E-state index in [4.69, 9.17) is 0 Å². The van der Waals surface area contributed by atoms with Crippen molar-refractivity contribution < 1.29 is 15.0 Å². The average molecular weight is 278 g/mol. The molecule has 1 aromatic carbocycles. The molecule has 0 bridgehead atoms. The van der Waals surface area contributed by atoms with E-state index in [1.54, 1.807) is 6.92 Å². The Morgan fingerprint density at radius 2 is 1.75 bits per heavy atom. The van der Waals surface area contributed by atoms with Gasteiger partial charge in [-0.25, -0.2) is 4.79 Å². The number of aliphatic carboxylic acids is 1. The SMILES string of the molecule is CCCC(O)(C(=O)O)C(C)c1ccc(CC(C)C)cc1. The molecular weight excluding hydrogens is 252 g/mol. The van der Waals surface area contributed by atoms with Crippen LogP contribution in [0, 0.1) is 5.92 Å². The van der Waals surface area contributed by atoms with Crippen molar-refractivity contribution in [1.82, 2.24) is 0 Å². The van der Waals surface area contributed by atoms with E-state index in [0.29, 0.717) is 12.3 Å². The Labute approximate surface area is 121 Å². The third kappa shape index (κ3) is 3.83. The number of hydrogen-bond acceptors (Lipinski definition) is 2. The predicted octanol–water partition coefficient (Wildman–Crippen LogP) is 3.60. The average Bonchev–Trinajstić information content (AvgIpc) is 2.38. The molecule has 0 fully saturated rings. The van der Waals surface area contributed by atoms with E-state index in [0.717, 1.165) is 12.0 Å². The van der Waals surface area contributed by atoms with Gasteiger partial charge in [0.15, 0.2) is 5.60 Å². The maximum Gasteiger partial charge on any atom is 0.336 e. The van der Waals surface area contributed by atoms with Gasteiger partial charge in [0.1, 0.15) is 0 Å². The fourth-order valence-corrected chi connectivity index (χ4v) is 2.58. The number of aliphatic hydroxyl groups is 1. The standard InChI is InChI=1S/C17H26O3/c1-5-10-17(20,16(18)19)13(4)15-8-6-14(7-9-15)11-12(2)3/h6-9,12-13,20H,5,10-11H2,1-4H3,(H,18,19). The van der Waals surface area contributed by atoms with Gasteiger partial charge in [0.25, 0.3) is 0 Å². The number of hydrogen-bond donors (Lipinski definition) is 2. The summed E-state index contributed by atoms with van der Waals surface area (Å²) in [6.07, 6.45) is 1.91. The molecule has 112 valence electrons. The first-order valence-corrected chi connectivity index (χ1v) is 7.35. The fourth-order valence-electron chi connectivity index (χ4n) is 2.58. The van der Waals surface area contributed by atoms with E-state index in [9.17, 15) is 15.0 Å². The first-order valence-electron chi connectivity index (χ1n) is 7.35. The van der Waals surface area contributed by atoms with Crippen molar-refractivity contribution in [2.75, 3.05) is 0 Å². The number of rotatable bonds is 7.